The van der Waals surface area contributed by atoms with E-state index in [4.69, 9.17) is 20.8 Å². The maximum atomic E-state index is 12.9. The molecular formula is C26H28ClNO3. The monoisotopic (exact) mass is 437 g/mol. The highest BCUT2D eigenvalue weighted by Gasteiger charge is 2.20. The molecule has 4 rings (SSSR count). The summed E-state index contributed by atoms with van der Waals surface area (Å²) in [6.45, 7) is 5.63. The van der Waals surface area contributed by atoms with Gasteiger partial charge in [0.05, 0.1) is 13.4 Å². The Morgan fingerprint density at radius 3 is 2.45 bits per heavy atom. The van der Waals surface area contributed by atoms with Crippen LogP contribution in [0.5, 0.6) is 5.75 Å². The Kier molecular flexibility index (Phi) is 6.38. The second-order valence-corrected chi connectivity index (χ2v) is 8.62. The largest absolute Gasteiger partial charge is 0.496 e. The minimum atomic E-state index is 0.0734. The van der Waals surface area contributed by atoms with Gasteiger partial charge in [0.1, 0.15) is 11.3 Å². The molecule has 0 bridgehead atoms. The molecule has 3 aromatic rings. The molecule has 0 spiro atoms. The summed E-state index contributed by atoms with van der Waals surface area (Å²) in [4.78, 5) is 14.9. The number of hydrogen-bond acceptors (Lipinski definition) is 3. The number of halogens is 1. The number of hydrogen-bond donors (Lipinski definition) is 0. The van der Waals surface area contributed by atoms with Crippen molar-refractivity contribution in [1.29, 1.82) is 0 Å². The third kappa shape index (κ3) is 4.35. The van der Waals surface area contributed by atoms with Crippen molar-refractivity contribution in [2.75, 3.05) is 20.2 Å². The summed E-state index contributed by atoms with van der Waals surface area (Å²) in [6, 6.07) is 9.78. The molecule has 1 aliphatic heterocycles. The number of amides is 1. The van der Waals surface area contributed by atoms with Crippen molar-refractivity contribution < 1.29 is 13.9 Å². The van der Waals surface area contributed by atoms with E-state index in [-0.39, 0.29) is 5.91 Å². The fourth-order valence-electron chi connectivity index (χ4n) is 4.37. The number of furan rings is 1. The number of carbonyl (C=O) groups excluding carboxylic acids is 1. The van der Waals surface area contributed by atoms with E-state index in [9.17, 15) is 4.79 Å². The van der Waals surface area contributed by atoms with E-state index in [2.05, 4.69) is 6.07 Å². The quantitative estimate of drug-likeness (QED) is 0.418. The van der Waals surface area contributed by atoms with Gasteiger partial charge in [-0.15, -0.1) is 0 Å². The Balaban J connectivity index is 1.78. The number of aryl methyl sites for hydroxylation is 1. The highest BCUT2D eigenvalue weighted by Crippen LogP contribution is 2.40. The topological polar surface area (TPSA) is 42.7 Å². The smallest absolute Gasteiger partial charge is 0.246 e. The summed E-state index contributed by atoms with van der Waals surface area (Å²) in [6.07, 6.45) is 8.06. The van der Waals surface area contributed by atoms with Gasteiger partial charge >= 0.3 is 0 Å². The minimum Gasteiger partial charge on any atom is -0.496 e. The van der Waals surface area contributed by atoms with Crippen LogP contribution in [0.3, 0.4) is 0 Å². The third-order valence-electron chi connectivity index (χ3n) is 6.09. The van der Waals surface area contributed by atoms with Crippen LogP contribution in [0.1, 0.15) is 43.7 Å². The van der Waals surface area contributed by atoms with Crippen LogP contribution in [0, 0.1) is 6.92 Å². The lowest BCUT2D eigenvalue weighted by atomic mass is 9.96. The molecule has 1 aliphatic rings. The van der Waals surface area contributed by atoms with Crippen molar-refractivity contribution in [2.45, 2.75) is 39.5 Å². The summed E-state index contributed by atoms with van der Waals surface area (Å²) < 4.78 is 11.7. The van der Waals surface area contributed by atoms with Gasteiger partial charge < -0.3 is 14.1 Å². The zero-order chi connectivity index (χ0) is 22.0. The molecule has 0 aliphatic carbocycles. The SMILES string of the molecule is COc1c(/C(C)=C/C(=O)N2CCCCCC2)cc2c(-c3ccc(Cl)cc3)coc2c1C. The predicted molar refractivity (Wildman–Crippen MR) is 127 cm³/mol. The zero-order valence-electron chi connectivity index (χ0n) is 18.3. The van der Waals surface area contributed by atoms with Crippen LogP contribution in [-0.4, -0.2) is 31.0 Å². The fraction of sp³-hybridized carbons (Fsp3) is 0.346. The number of rotatable bonds is 4. The molecule has 2 aromatic carbocycles. The molecule has 1 saturated heterocycles. The number of likely N-dealkylation sites (tertiary alicyclic amines) is 1. The maximum absolute atomic E-state index is 12.9. The van der Waals surface area contributed by atoms with Gasteiger partial charge in [-0.3, -0.25) is 4.79 Å². The Bertz CT molecular complexity index is 1120. The number of methoxy groups -OCH3 is 1. The summed E-state index contributed by atoms with van der Waals surface area (Å²) >= 11 is 6.06. The van der Waals surface area contributed by atoms with E-state index in [0.717, 1.165) is 70.5 Å². The van der Waals surface area contributed by atoms with Gasteiger partial charge in [-0.05, 0) is 56.0 Å². The molecule has 4 nitrogen and oxygen atoms in total. The Morgan fingerprint density at radius 2 is 1.81 bits per heavy atom. The fourth-order valence-corrected chi connectivity index (χ4v) is 4.50. The highest BCUT2D eigenvalue weighted by atomic mass is 35.5. The lowest BCUT2D eigenvalue weighted by Crippen LogP contribution is -2.30. The lowest BCUT2D eigenvalue weighted by Gasteiger charge is -2.19. The molecule has 1 fully saturated rings. The second-order valence-electron chi connectivity index (χ2n) is 8.18. The van der Waals surface area contributed by atoms with Crippen LogP contribution >= 0.6 is 11.6 Å². The number of carbonyl (C=O) groups is 1. The van der Waals surface area contributed by atoms with Gasteiger partial charge in [0.25, 0.3) is 0 Å². The molecule has 0 unspecified atom stereocenters. The highest BCUT2D eigenvalue weighted by molar-refractivity contribution is 6.30. The molecule has 2 heterocycles. The van der Waals surface area contributed by atoms with Gasteiger partial charge in [-0.1, -0.05) is 36.6 Å². The molecule has 1 aromatic heterocycles. The third-order valence-corrected chi connectivity index (χ3v) is 6.34. The first-order chi connectivity index (χ1) is 15.0. The van der Waals surface area contributed by atoms with Crippen LogP contribution in [0.2, 0.25) is 5.02 Å². The Labute approximate surface area is 188 Å². The molecule has 0 saturated carbocycles. The maximum Gasteiger partial charge on any atom is 0.246 e. The van der Waals surface area contributed by atoms with E-state index >= 15 is 0 Å². The van der Waals surface area contributed by atoms with Crippen molar-refractivity contribution in [3.63, 3.8) is 0 Å². The standard InChI is InChI=1S/C26H28ClNO3/c1-17(14-24(29)28-12-6-4-5-7-13-28)21-15-22-23(19-8-10-20(27)11-9-19)16-31-26(22)18(2)25(21)30-3/h8-11,14-16H,4-7,12-13H2,1-3H3/b17-14+. The van der Waals surface area contributed by atoms with E-state index in [1.807, 2.05) is 43.0 Å². The second kappa shape index (κ2) is 9.19. The lowest BCUT2D eigenvalue weighted by molar-refractivity contribution is -0.125. The first kappa shape index (κ1) is 21.5. The van der Waals surface area contributed by atoms with Crippen molar-refractivity contribution >= 4 is 34.1 Å². The van der Waals surface area contributed by atoms with Gasteiger partial charge in [0, 0.05) is 46.3 Å². The Morgan fingerprint density at radius 1 is 1.13 bits per heavy atom. The van der Waals surface area contributed by atoms with Crippen LogP contribution in [-0.2, 0) is 4.79 Å². The van der Waals surface area contributed by atoms with Gasteiger partial charge in [-0.25, -0.2) is 0 Å². The average molecular weight is 438 g/mol. The number of allylic oxidation sites excluding steroid dienone is 1. The number of nitrogens with zero attached hydrogens (tertiary/aromatic N) is 1. The molecule has 31 heavy (non-hydrogen) atoms. The zero-order valence-corrected chi connectivity index (χ0v) is 19.1. The van der Waals surface area contributed by atoms with E-state index < -0.39 is 0 Å². The van der Waals surface area contributed by atoms with E-state index in [1.165, 1.54) is 12.8 Å². The Hall–Kier alpha value is -2.72. The summed E-state index contributed by atoms with van der Waals surface area (Å²) in [5.74, 6) is 0.811. The van der Waals surface area contributed by atoms with E-state index in [1.54, 1.807) is 19.4 Å². The molecule has 0 atom stereocenters. The number of ether oxygens (including phenoxy) is 1. The van der Waals surface area contributed by atoms with E-state index in [0.29, 0.717) is 5.02 Å². The number of benzene rings is 2. The van der Waals surface area contributed by atoms with Crippen LogP contribution in [0.15, 0.2) is 47.1 Å². The summed E-state index contributed by atoms with van der Waals surface area (Å²) in [7, 11) is 1.66. The number of fused-ring (bicyclic) bond motifs is 1. The van der Waals surface area contributed by atoms with Gasteiger partial charge in [0.2, 0.25) is 5.91 Å². The average Bonchev–Trinajstić information content (AvgIpc) is 3.00. The van der Waals surface area contributed by atoms with Crippen molar-refractivity contribution in [1.82, 2.24) is 4.90 Å². The van der Waals surface area contributed by atoms with Crippen LogP contribution < -0.4 is 4.74 Å². The summed E-state index contributed by atoms with van der Waals surface area (Å²) in [5, 5.41) is 1.69. The van der Waals surface area contributed by atoms with Gasteiger partial charge in [-0.2, -0.15) is 0 Å². The first-order valence-corrected chi connectivity index (χ1v) is 11.2. The summed E-state index contributed by atoms with van der Waals surface area (Å²) in [5.41, 5.74) is 5.53. The van der Waals surface area contributed by atoms with Gasteiger partial charge in [0.15, 0.2) is 0 Å². The molecule has 0 N–H and O–H groups in total. The van der Waals surface area contributed by atoms with Crippen molar-refractivity contribution in [3.8, 4) is 16.9 Å². The molecule has 162 valence electrons. The molecule has 0 radical (unpaired) electrons. The van der Waals surface area contributed by atoms with Crippen LogP contribution in [0.25, 0.3) is 27.7 Å². The normalized spacial score (nSPS) is 15.2. The van der Waals surface area contributed by atoms with Crippen molar-refractivity contribution in [3.05, 3.63) is 58.8 Å². The molecule has 5 heteroatoms. The minimum absolute atomic E-state index is 0.0734. The molecular weight excluding hydrogens is 410 g/mol. The predicted octanol–water partition coefficient (Wildman–Crippen LogP) is 6.88. The first-order valence-electron chi connectivity index (χ1n) is 10.8. The van der Waals surface area contributed by atoms with Crippen molar-refractivity contribution in [2.24, 2.45) is 0 Å². The van der Waals surface area contributed by atoms with Crippen LogP contribution in [0.4, 0.5) is 0 Å². The molecule has 1 amide bonds.